The van der Waals surface area contributed by atoms with Gasteiger partial charge in [-0.3, -0.25) is 9.69 Å². The molecule has 0 saturated carbocycles. The minimum atomic E-state index is 0.374. The van der Waals surface area contributed by atoms with Gasteiger partial charge in [0.05, 0.1) is 6.54 Å². The van der Waals surface area contributed by atoms with Crippen LogP contribution in [0.4, 0.5) is 0 Å². The van der Waals surface area contributed by atoms with Gasteiger partial charge in [0.2, 0.25) is 5.91 Å². The molecule has 5 heteroatoms. The number of aromatic nitrogens is 2. The maximum Gasteiger partial charge on any atom is 0.222 e. The van der Waals surface area contributed by atoms with Gasteiger partial charge >= 0.3 is 0 Å². The summed E-state index contributed by atoms with van der Waals surface area (Å²) in [5.41, 5.74) is 0. The van der Waals surface area contributed by atoms with E-state index in [2.05, 4.69) is 26.4 Å². The van der Waals surface area contributed by atoms with Crippen LogP contribution in [0.3, 0.4) is 0 Å². The summed E-state index contributed by atoms with van der Waals surface area (Å²) in [6, 6.07) is 0. The van der Waals surface area contributed by atoms with Crippen molar-refractivity contribution in [3.63, 3.8) is 0 Å². The van der Waals surface area contributed by atoms with Crippen molar-refractivity contribution in [2.24, 2.45) is 13.0 Å². The lowest BCUT2D eigenvalue weighted by atomic mass is 9.93. The van der Waals surface area contributed by atoms with Crippen LogP contribution in [0.2, 0.25) is 0 Å². The van der Waals surface area contributed by atoms with E-state index in [1.54, 1.807) is 0 Å². The molecule has 1 aromatic rings. The van der Waals surface area contributed by atoms with Crippen molar-refractivity contribution >= 4 is 5.91 Å². The second-order valence-electron chi connectivity index (χ2n) is 6.82. The zero-order valence-electron chi connectivity index (χ0n) is 13.7. The van der Waals surface area contributed by atoms with E-state index in [-0.39, 0.29) is 0 Å². The standard InChI is InChI=1S/C17H28N4O/c1-19-12-8-18-16(19)14-20-9-4-5-15(13-20)6-7-17(22)21-10-2-3-11-21/h8,12,15H,2-7,9-11,13-14H2,1H3. The van der Waals surface area contributed by atoms with Crippen LogP contribution in [0.25, 0.3) is 0 Å². The summed E-state index contributed by atoms with van der Waals surface area (Å²) in [6.45, 7) is 5.16. The molecule has 3 rings (SSSR count). The van der Waals surface area contributed by atoms with Crippen LogP contribution >= 0.6 is 0 Å². The highest BCUT2D eigenvalue weighted by Crippen LogP contribution is 2.23. The maximum atomic E-state index is 12.2. The zero-order valence-corrected chi connectivity index (χ0v) is 13.7. The Morgan fingerprint density at radius 3 is 2.82 bits per heavy atom. The molecule has 1 atom stereocenters. The molecule has 22 heavy (non-hydrogen) atoms. The molecule has 0 bridgehead atoms. The van der Waals surface area contributed by atoms with Gasteiger partial charge in [-0.2, -0.15) is 0 Å². The molecule has 0 N–H and O–H groups in total. The first kappa shape index (κ1) is 15.5. The molecule has 2 saturated heterocycles. The molecule has 2 fully saturated rings. The van der Waals surface area contributed by atoms with Gasteiger partial charge in [0, 0.05) is 45.5 Å². The van der Waals surface area contributed by atoms with Crippen LogP contribution in [0.5, 0.6) is 0 Å². The molecule has 0 aliphatic carbocycles. The largest absolute Gasteiger partial charge is 0.343 e. The Morgan fingerprint density at radius 1 is 1.27 bits per heavy atom. The van der Waals surface area contributed by atoms with Crippen LogP contribution in [0.1, 0.15) is 44.3 Å². The number of piperidine rings is 1. The minimum absolute atomic E-state index is 0.374. The van der Waals surface area contributed by atoms with E-state index in [1.165, 1.54) is 25.7 Å². The van der Waals surface area contributed by atoms with E-state index < -0.39 is 0 Å². The molecule has 1 amide bonds. The number of nitrogens with zero attached hydrogens (tertiary/aromatic N) is 4. The number of likely N-dealkylation sites (tertiary alicyclic amines) is 2. The second kappa shape index (κ2) is 7.27. The van der Waals surface area contributed by atoms with Gasteiger partial charge in [-0.25, -0.2) is 4.98 Å². The van der Waals surface area contributed by atoms with Gasteiger partial charge in [0.15, 0.2) is 0 Å². The number of rotatable bonds is 5. The smallest absolute Gasteiger partial charge is 0.222 e. The number of aryl methyl sites for hydroxylation is 1. The first-order chi connectivity index (χ1) is 10.7. The van der Waals surface area contributed by atoms with Crippen LogP contribution in [-0.2, 0) is 18.4 Å². The Morgan fingerprint density at radius 2 is 2.09 bits per heavy atom. The van der Waals surface area contributed by atoms with Crippen LogP contribution in [-0.4, -0.2) is 51.4 Å². The molecular formula is C17H28N4O. The SMILES string of the molecule is Cn1ccnc1CN1CCCC(CCC(=O)N2CCCC2)C1. The van der Waals surface area contributed by atoms with Crippen LogP contribution in [0, 0.1) is 5.92 Å². The number of imidazole rings is 1. The molecule has 2 aliphatic rings. The average molecular weight is 304 g/mol. The van der Waals surface area contributed by atoms with Crippen molar-refractivity contribution in [1.82, 2.24) is 19.4 Å². The number of hydrogen-bond donors (Lipinski definition) is 0. The Bertz CT molecular complexity index is 493. The molecule has 5 nitrogen and oxygen atoms in total. The van der Waals surface area contributed by atoms with E-state index in [0.717, 1.165) is 51.4 Å². The van der Waals surface area contributed by atoms with Crippen molar-refractivity contribution in [1.29, 1.82) is 0 Å². The van der Waals surface area contributed by atoms with E-state index in [1.807, 2.05) is 12.4 Å². The van der Waals surface area contributed by atoms with Gasteiger partial charge in [-0.05, 0) is 44.6 Å². The fourth-order valence-corrected chi connectivity index (χ4v) is 3.73. The van der Waals surface area contributed by atoms with Crippen molar-refractivity contribution in [3.8, 4) is 0 Å². The third kappa shape index (κ3) is 3.88. The summed E-state index contributed by atoms with van der Waals surface area (Å²) in [5.74, 6) is 2.17. The number of carbonyl (C=O) groups excluding carboxylic acids is 1. The van der Waals surface area contributed by atoms with E-state index in [9.17, 15) is 4.79 Å². The highest BCUT2D eigenvalue weighted by molar-refractivity contribution is 5.76. The lowest BCUT2D eigenvalue weighted by Crippen LogP contribution is -2.36. The average Bonchev–Trinajstić information content (AvgIpc) is 3.18. The summed E-state index contributed by atoms with van der Waals surface area (Å²) in [7, 11) is 2.05. The van der Waals surface area contributed by atoms with Gasteiger partial charge in [-0.1, -0.05) is 0 Å². The monoisotopic (exact) mass is 304 g/mol. The predicted molar refractivity (Wildman–Crippen MR) is 86.3 cm³/mol. The van der Waals surface area contributed by atoms with Crippen molar-refractivity contribution in [2.45, 2.75) is 45.1 Å². The number of carbonyl (C=O) groups is 1. The summed E-state index contributed by atoms with van der Waals surface area (Å²) in [5, 5.41) is 0. The minimum Gasteiger partial charge on any atom is -0.343 e. The summed E-state index contributed by atoms with van der Waals surface area (Å²) < 4.78 is 2.10. The molecule has 0 radical (unpaired) electrons. The van der Waals surface area contributed by atoms with Crippen molar-refractivity contribution in [3.05, 3.63) is 18.2 Å². The first-order valence-electron chi connectivity index (χ1n) is 8.68. The summed E-state index contributed by atoms with van der Waals surface area (Å²) in [6.07, 6.45) is 10.5. The Hall–Kier alpha value is -1.36. The Kier molecular flexibility index (Phi) is 5.13. The molecule has 1 unspecified atom stereocenters. The lowest BCUT2D eigenvalue weighted by molar-refractivity contribution is -0.130. The zero-order chi connectivity index (χ0) is 15.4. The molecule has 0 spiro atoms. The molecule has 3 heterocycles. The van der Waals surface area contributed by atoms with E-state index >= 15 is 0 Å². The Balaban J connectivity index is 1.44. The van der Waals surface area contributed by atoms with Gasteiger partial charge in [-0.15, -0.1) is 0 Å². The molecule has 2 aliphatic heterocycles. The fraction of sp³-hybridized carbons (Fsp3) is 0.765. The van der Waals surface area contributed by atoms with Gasteiger partial charge < -0.3 is 9.47 Å². The van der Waals surface area contributed by atoms with Crippen LogP contribution in [0.15, 0.2) is 12.4 Å². The highest BCUT2D eigenvalue weighted by atomic mass is 16.2. The maximum absolute atomic E-state index is 12.2. The molecule has 1 aromatic heterocycles. The first-order valence-corrected chi connectivity index (χ1v) is 8.68. The fourth-order valence-electron chi connectivity index (χ4n) is 3.73. The quantitative estimate of drug-likeness (QED) is 0.836. The molecule has 0 aromatic carbocycles. The topological polar surface area (TPSA) is 41.4 Å². The van der Waals surface area contributed by atoms with E-state index in [0.29, 0.717) is 11.8 Å². The van der Waals surface area contributed by atoms with Crippen LogP contribution < -0.4 is 0 Å². The number of hydrogen-bond acceptors (Lipinski definition) is 3. The Labute approximate surface area is 133 Å². The molecular weight excluding hydrogens is 276 g/mol. The van der Waals surface area contributed by atoms with Crippen molar-refractivity contribution in [2.75, 3.05) is 26.2 Å². The van der Waals surface area contributed by atoms with Gasteiger partial charge in [0.1, 0.15) is 5.82 Å². The lowest BCUT2D eigenvalue weighted by Gasteiger charge is -2.32. The summed E-state index contributed by atoms with van der Waals surface area (Å²) in [4.78, 5) is 21.1. The van der Waals surface area contributed by atoms with Crippen molar-refractivity contribution < 1.29 is 4.79 Å². The van der Waals surface area contributed by atoms with Gasteiger partial charge in [0.25, 0.3) is 0 Å². The third-order valence-corrected chi connectivity index (χ3v) is 5.11. The second-order valence-corrected chi connectivity index (χ2v) is 6.82. The predicted octanol–water partition coefficient (Wildman–Crippen LogP) is 2.03. The normalized spacial score (nSPS) is 23.1. The number of amides is 1. The summed E-state index contributed by atoms with van der Waals surface area (Å²) >= 11 is 0. The van der Waals surface area contributed by atoms with E-state index in [4.69, 9.17) is 0 Å². The third-order valence-electron chi connectivity index (χ3n) is 5.11. The molecule has 122 valence electrons. The highest BCUT2D eigenvalue weighted by Gasteiger charge is 2.23.